The van der Waals surface area contributed by atoms with E-state index in [2.05, 4.69) is 0 Å². The molecule has 1 unspecified atom stereocenters. The minimum absolute atomic E-state index is 0.181. The van der Waals surface area contributed by atoms with Crippen molar-refractivity contribution in [3.63, 3.8) is 0 Å². The van der Waals surface area contributed by atoms with Crippen LogP contribution in [-0.4, -0.2) is 15.8 Å². The van der Waals surface area contributed by atoms with E-state index < -0.39 is 10.6 Å². The van der Waals surface area contributed by atoms with Crippen molar-refractivity contribution in [1.29, 1.82) is 0 Å². The highest BCUT2D eigenvalue weighted by molar-refractivity contribution is 4.62. The monoisotopic (exact) mass is 161 g/mol. The van der Waals surface area contributed by atoms with Crippen molar-refractivity contribution in [2.75, 3.05) is 0 Å². The number of rotatable bonds is 5. The molecule has 0 aliphatic carbocycles. The van der Waals surface area contributed by atoms with Crippen LogP contribution in [0.4, 0.5) is 0 Å². The van der Waals surface area contributed by atoms with Crippen molar-refractivity contribution in [1.82, 2.24) is 0 Å². The zero-order valence-electron chi connectivity index (χ0n) is 7.04. The molecule has 0 bridgehead atoms. The maximum Gasteiger partial charge on any atom is 0.322 e. The fourth-order valence-electron chi connectivity index (χ4n) is 0.857. The van der Waals surface area contributed by atoms with Gasteiger partial charge in [-0.25, -0.2) is 0 Å². The second-order valence-electron chi connectivity index (χ2n) is 2.70. The van der Waals surface area contributed by atoms with Gasteiger partial charge in [0.05, 0.1) is 4.92 Å². The summed E-state index contributed by atoms with van der Waals surface area (Å²) in [5, 5.41) is 19.6. The Morgan fingerprint density at radius 2 is 2.09 bits per heavy atom. The lowest BCUT2D eigenvalue weighted by molar-refractivity contribution is -0.626. The number of hydrogen-bond donors (Lipinski definition) is 1. The molecule has 0 aromatic rings. The van der Waals surface area contributed by atoms with Crippen LogP contribution in [-0.2, 0) is 0 Å². The predicted molar refractivity (Wildman–Crippen MR) is 41.8 cm³/mol. The largest absolute Gasteiger partial charge is 0.331 e. The smallest absolute Gasteiger partial charge is 0.322 e. The third kappa shape index (κ3) is 2.84. The molecule has 66 valence electrons. The second kappa shape index (κ2) is 4.28. The Bertz CT molecular complexity index is 138. The molecule has 0 saturated heterocycles. The summed E-state index contributed by atoms with van der Waals surface area (Å²) in [7, 11) is 0. The van der Waals surface area contributed by atoms with E-state index in [9.17, 15) is 15.2 Å². The van der Waals surface area contributed by atoms with E-state index in [1.165, 1.54) is 0 Å². The zero-order valence-corrected chi connectivity index (χ0v) is 7.04. The first-order valence-electron chi connectivity index (χ1n) is 3.93. The first-order chi connectivity index (χ1) is 5.06. The maximum absolute atomic E-state index is 10.3. The number of hydrogen-bond acceptors (Lipinski definition) is 3. The molecular formula is C7H15NO3. The lowest BCUT2D eigenvalue weighted by Gasteiger charge is -2.16. The van der Waals surface area contributed by atoms with Crippen molar-refractivity contribution in [3.05, 3.63) is 10.1 Å². The molecule has 4 nitrogen and oxygen atoms in total. The minimum Gasteiger partial charge on any atom is -0.331 e. The van der Waals surface area contributed by atoms with Gasteiger partial charge in [0.2, 0.25) is 0 Å². The van der Waals surface area contributed by atoms with Crippen LogP contribution >= 0.6 is 0 Å². The molecule has 0 heterocycles. The summed E-state index contributed by atoms with van der Waals surface area (Å²) in [5.41, 5.74) is -1.68. The van der Waals surface area contributed by atoms with Crippen LogP contribution in [0.1, 0.15) is 39.5 Å². The summed E-state index contributed by atoms with van der Waals surface area (Å²) in [5.74, 6) is 0. The SMILES string of the molecule is CCCCC(O)(CC)[N+](=O)[O-]. The van der Waals surface area contributed by atoms with Crippen LogP contribution < -0.4 is 0 Å². The first-order valence-corrected chi connectivity index (χ1v) is 3.93. The van der Waals surface area contributed by atoms with Crippen LogP contribution in [0.5, 0.6) is 0 Å². The van der Waals surface area contributed by atoms with E-state index in [1.54, 1.807) is 6.92 Å². The molecule has 11 heavy (non-hydrogen) atoms. The highest BCUT2D eigenvalue weighted by atomic mass is 16.7. The number of nitrogens with zero attached hydrogens (tertiary/aromatic N) is 1. The predicted octanol–water partition coefficient (Wildman–Crippen LogP) is 1.55. The molecule has 1 N–H and O–H groups in total. The lowest BCUT2D eigenvalue weighted by atomic mass is 10.0. The van der Waals surface area contributed by atoms with Gasteiger partial charge < -0.3 is 5.11 Å². The average Bonchev–Trinajstić information content (AvgIpc) is 2.00. The first kappa shape index (κ1) is 10.4. The molecule has 0 aromatic heterocycles. The van der Waals surface area contributed by atoms with Gasteiger partial charge in [-0.1, -0.05) is 20.3 Å². The van der Waals surface area contributed by atoms with Gasteiger partial charge in [-0.2, -0.15) is 0 Å². The van der Waals surface area contributed by atoms with Gasteiger partial charge in [0.1, 0.15) is 0 Å². The van der Waals surface area contributed by atoms with Crippen LogP contribution in [0, 0.1) is 10.1 Å². The molecule has 1 atom stereocenters. The molecule has 0 radical (unpaired) electrons. The van der Waals surface area contributed by atoms with Gasteiger partial charge in [0, 0.05) is 12.8 Å². The fourth-order valence-corrected chi connectivity index (χ4v) is 0.857. The van der Waals surface area contributed by atoms with Gasteiger partial charge in [-0.05, 0) is 6.42 Å². The topological polar surface area (TPSA) is 63.4 Å². The Balaban J connectivity index is 3.99. The Labute approximate surface area is 66.4 Å². The van der Waals surface area contributed by atoms with Gasteiger partial charge >= 0.3 is 5.72 Å². The van der Waals surface area contributed by atoms with E-state index in [-0.39, 0.29) is 12.8 Å². The van der Waals surface area contributed by atoms with Crippen molar-refractivity contribution in [2.24, 2.45) is 0 Å². The number of nitro groups is 1. The van der Waals surface area contributed by atoms with Gasteiger partial charge in [0.15, 0.2) is 0 Å². The molecule has 0 amide bonds. The molecule has 0 aliphatic heterocycles. The third-order valence-electron chi connectivity index (χ3n) is 1.84. The van der Waals surface area contributed by atoms with Crippen molar-refractivity contribution in [2.45, 2.75) is 45.3 Å². The summed E-state index contributed by atoms with van der Waals surface area (Å²) in [6.07, 6.45) is 2.01. The van der Waals surface area contributed by atoms with Gasteiger partial charge in [-0.15, -0.1) is 0 Å². The van der Waals surface area contributed by atoms with E-state index >= 15 is 0 Å². The van der Waals surface area contributed by atoms with Crippen LogP contribution in [0.25, 0.3) is 0 Å². The molecular weight excluding hydrogens is 146 g/mol. The average molecular weight is 161 g/mol. The molecule has 0 aromatic carbocycles. The van der Waals surface area contributed by atoms with E-state index in [0.717, 1.165) is 6.42 Å². The number of unbranched alkanes of at least 4 members (excludes halogenated alkanes) is 1. The molecule has 0 fully saturated rings. The highest BCUT2D eigenvalue weighted by Gasteiger charge is 2.36. The summed E-state index contributed by atoms with van der Waals surface area (Å²) in [6.45, 7) is 3.56. The Hall–Kier alpha value is -0.640. The fraction of sp³-hybridized carbons (Fsp3) is 1.00. The highest BCUT2D eigenvalue weighted by Crippen LogP contribution is 2.18. The van der Waals surface area contributed by atoms with Gasteiger partial charge in [-0.3, -0.25) is 10.1 Å². The summed E-state index contributed by atoms with van der Waals surface area (Å²) < 4.78 is 0. The van der Waals surface area contributed by atoms with Crippen LogP contribution in [0.15, 0.2) is 0 Å². The minimum atomic E-state index is -1.68. The van der Waals surface area contributed by atoms with Crippen molar-refractivity contribution in [3.8, 4) is 0 Å². The van der Waals surface area contributed by atoms with Crippen LogP contribution in [0.2, 0.25) is 0 Å². The molecule has 0 spiro atoms. The summed E-state index contributed by atoms with van der Waals surface area (Å²) >= 11 is 0. The van der Waals surface area contributed by atoms with E-state index in [1.807, 2.05) is 6.92 Å². The Kier molecular flexibility index (Phi) is 4.03. The normalized spacial score (nSPS) is 15.9. The number of aliphatic hydroxyl groups is 1. The molecule has 0 aliphatic rings. The molecule has 4 heteroatoms. The maximum atomic E-state index is 10.3. The molecule has 0 saturated carbocycles. The summed E-state index contributed by atoms with van der Waals surface area (Å²) in [4.78, 5) is 9.72. The van der Waals surface area contributed by atoms with Crippen molar-refractivity contribution >= 4 is 0 Å². The second-order valence-corrected chi connectivity index (χ2v) is 2.70. The van der Waals surface area contributed by atoms with Gasteiger partial charge in [0.25, 0.3) is 0 Å². The standard InChI is InChI=1S/C7H15NO3/c1-3-5-6-7(9,4-2)8(10)11/h9H,3-6H2,1-2H3. The van der Waals surface area contributed by atoms with E-state index in [4.69, 9.17) is 0 Å². The third-order valence-corrected chi connectivity index (χ3v) is 1.84. The quantitative estimate of drug-likeness (QED) is 0.378. The molecule has 0 rings (SSSR count). The zero-order chi connectivity index (χ0) is 8.91. The Morgan fingerprint density at radius 3 is 2.36 bits per heavy atom. The van der Waals surface area contributed by atoms with E-state index in [0.29, 0.717) is 6.42 Å². The van der Waals surface area contributed by atoms with Crippen molar-refractivity contribution < 1.29 is 10.0 Å². The summed E-state index contributed by atoms with van der Waals surface area (Å²) in [6, 6.07) is 0. The lowest BCUT2D eigenvalue weighted by Crippen LogP contribution is -2.37. The van der Waals surface area contributed by atoms with Crippen LogP contribution in [0.3, 0.4) is 0 Å². The Morgan fingerprint density at radius 1 is 1.55 bits per heavy atom.